The molecule has 21 heavy (non-hydrogen) atoms. The number of nitrogens with zero attached hydrogens (tertiary/aromatic N) is 3. The van der Waals surface area contributed by atoms with Gasteiger partial charge in [-0.2, -0.15) is 0 Å². The molecule has 0 aliphatic rings. The highest BCUT2D eigenvalue weighted by atomic mass is 35.5. The van der Waals surface area contributed by atoms with E-state index in [2.05, 4.69) is 35.6 Å². The first-order valence-corrected chi connectivity index (χ1v) is 8.48. The predicted molar refractivity (Wildman–Crippen MR) is 89.3 cm³/mol. The van der Waals surface area contributed by atoms with Crippen molar-refractivity contribution in [2.24, 2.45) is 0 Å². The third-order valence-electron chi connectivity index (χ3n) is 3.60. The molecular formula is C15H22ClN3OS. The first-order chi connectivity index (χ1) is 10.1. The molecule has 0 aliphatic heterocycles. The summed E-state index contributed by atoms with van der Waals surface area (Å²) >= 11 is 8.03. The largest absolute Gasteiger partial charge is 0.380 e. The lowest BCUT2D eigenvalue weighted by molar-refractivity contribution is 0.112. The predicted octanol–water partition coefficient (Wildman–Crippen LogP) is 3.82. The van der Waals surface area contributed by atoms with Gasteiger partial charge in [-0.3, -0.25) is 4.90 Å². The Morgan fingerprint density at radius 3 is 2.67 bits per heavy atom. The Morgan fingerprint density at radius 1 is 1.24 bits per heavy atom. The maximum absolute atomic E-state index is 6.35. The molecule has 6 heteroatoms. The number of hydrogen-bond acceptors (Lipinski definition) is 5. The SMILES string of the molecule is CCOCCN(CC)Cc1nc(Cl)c2c(C)c(C)sc2n1. The molecule has 2 rings (SSSR count). The summed E-state index contributed by atoms with van der Waals surface area (Å²) in [4.78, 5) is 13.6. The Kier molecular flexibility index (Phi) is 5.93. The standard InChI is InChI=1S/C15H22ClN3OS/c1-5-19(7-8-20-6-2)9-12-17-14(16)13-10(3)11(4)21-15(13)18-12/h5-9H2,1-4H3. The molecule has 0 radical (unpaired) electrons. The second-order valence-electron chi connectivity index (χ2n) is 4.96. The zero-order valence-electron chi connectivity index (χ0n) is 13.1. The van der Waals surface area contributed by atoms with Crippen molar-refractivity contribution in [3.8, 4) is 0 Å². The zero-order valence-corrected chi connectivity index (χ0v) is 14.6. The van der Waals surface area contributed by atoms with Crippen LogP contribution in [0.5, 0.6) is 0 Å². The molecule has 0 atom stereocenters. The van der Waals surface area contributed by atoms with Gasteiger partial charge in [-0.15, -0.1) is 11.3 Å². The Bertz CT molecular complexity index is 614. The molecule has 0 amide bonds. The van der Waals surface area contributed by atoms with Crippen molar-refractivity contribution in [1.29, 1.82) is 0 Å². The van der Waals surface area contributed by atoms with Crippen LogP contribution in [0.2, 0.25) is 5.15 Å². The number of halogens is 1. The molecule has 0 fully saturated rings. The van der Waals surface area contributed by atoms with Gasteiger partial charge in [0.1, 0.15) is 15.8 Å². The van der Waals surface area contributed by atoms with Crippen LogP contribution in [0.25, 0.3) is 10.2 Å². The topological polar surface area (TPSA) is 38.2 Å². The lowest BCUT2D eigenvalue weighted by atomic mass is 10.2. The van der Waals surface area contributed by atoms with E-state index in [1.807, 2.05) is 6.92 Å². The van der Waals surface area contributed by atoms with Gasteiger partial charge in [-0.05, 0) is 32.9 Å². The minimum Gasteiger partial charge on any atom is -0.380 e. The lowest BCUT2D eigenvalue weighted by Gasteiger charge is -2.19. The molecule has 4 nitrogen and oxygen atoms in total. The molecule has 116 valence electrons. The Balaban J connectivity index is 2.18. The fraction of sp³-hybridized carbons (Fsp3) is 0.600. The van der Waals surface area contributed by atoms with Crippen LogP contribution >= 0.6 is 22.9 Å². The van der Waals surface area contributed by atoms with Gasteiger partial charge in [0.2, 0.25) is 0 Å². The first-order valence-electron chi connectivity index (χ1n) is 7.29. The van der Waals surface area contributed by atoms with Crippen LogP contribution in [-0.4, -0.2) is 41.2 Å². The summed E-state index contributed by atoms with van der Waals surface area (Å²) in [5.41, 5.74) is 1.19. The van der Waals surface area contributed by atoms with Crippen molar-refractivity contribution < 1.29 is 4.74 Å². The second-order valence-corrected chi connectivity index (χ2v) is 6.52. The van der Waals surface area contributed by atoms with Crippen LogP contribution in [0.4, 0.5) is 0 Å². The van der Waals surface area contributed by atoms with Gasteiger partial charge in [0.15, 0.2) is 0 Å². The van der Waals surface area contributed by atoms with Crippen molar-refractivity contribution in [3.63, 3.8) is 0 Å². The van der Waals surface area contributed by atoms with Gasteiger partial charge in [0.25, 0.3) is 0 Å². The molecule has 0 aromatic carbocycles. The fourth-order valence-electron chi connectivity index (χ4n) is 2.20. The number of aromatic nitrogens is 2. The summed E-state index contributed by atoms with van der Waals surface area (Å²) in [7, 11) is 0. The summed E-state index contributed by atoms with van der Waals surface area (Å²) in [5.74, 6) is 0.784. The van der Waals surface area contributed by atoms with E-state index in [1.54, 1.807) is 11.3 Å². The molecule has 0 N–H and O–H groups in total. The van der Waals surface area contributed by atoms with E-state index in [0.29, 0.717) is 11.7 Å². The summed E-state index contributed by atoms with van der Waals surface area (Å²) < 4.78 is 5.41. The van der Waals surface area contributed by atoms with E-state index < -0.39 is 0 Å². The van der Waals surface area contributed by atoms with Crippen LogP contribution in [0.15, 0.2) is 0 Å². The number of hydrogen-bond donors (Lipinski definition) is 0. The smallest absolute Gasteiger partial charge is 0.145 e. The van der Waals surface area contributed by atoms with Gasteiger partial charge in [0.05, 0.1) is 18.5 Å². The third-order valence-corrected chi connectivity index (χ3v) is 4.97. The monoisotopic (exact) mass is 327 g/mol. The Hall–Kier alpha value is -0.750. The number of rotatable bonds is 7. The number of aryl methyl sites for hydroxylation is 2. The van der Waals surface area contributed by atoms with Crippen molar-refractivity contribution >= 4 is 33.2 Å². The van der Waals surface area contributed by atoms with Crippen LogP contribution < -0.4 is 0 Å². The average Bonchev–Trinajstić information content (AvgIpc) is 2.73. The number of fused-ring (bicyclic) bond motifs is 1. The van der Waals surface area contributed by atoms with Crippen molar-refractivity contribution in [2.75, 3.05) is 26.3 Å². The second kappa shape index (κ2) is 7.49. The maximum Gasteiger partial charge on any atom is 0.145 e. The van der Waals surface area contributed by atoms with Gasteiger partial charge < -0.3 is 4.74 Å². The van der Waals surface area contributed by atoms with Gasteiger partial charge in [-0.25, -0.2) is 9.97 Å². The van der Waals surface area contributed by atoms with Crippen LogP contribution in [-0.2, 0) is 11.3 Å². The molecule has 0 saturated heterocycles. The van der Waals surface area contributed by atoms with Crippen molar-refractivity contribution in [2.45, 2.75) is 34.2 Å². The maximum atomic E-state index is 6.35. The van der Waals surface area contributed by atoms with Crippen LogP contribution in [0.3, 0.4) is 0 Å². The molecule has 0 spiro atoms. The highest BCUT2D eigenvalue weighted by Crippen LogP contribution is 2.32. The molecule has 0 saturated carbocycles. The minimum atomic E-state index is 0.567. The van der Waals surface area contributed by atoms with Crippen LogP contribution in [0.1, 0.15) is 30.1 Å². The van der Waals surface area contributed by atoms with E-state index >= 15 is 0 Å². The first kappa shape index (κ1) is 16.6. The number of ether oxygens (including phenoxy) is 1. The minimum absolute atomic E-state index is 0.567. The van der Waals surface area contributed by atoms with E-state index in [1.165, 1.54) is 10.4 Å². The molecular weight excluding hydrogens is 306 g/mol. The summed E-state index contributed by atoms with van der Waals surface area (Å²) in [6, 6.07) is 0. The number of likely N-dealkylation sites (N-methyl/N-ethyl adjacent to an activating group) is 1. The summed E-state index contributed by atoms with van der Waals surface area (Å²) in [5, 5.41) is 1.57. The van der Waals surface area contributed by atoms with Crippen molar-refractivity contribution in [3.05, 3.63) is 21.4 Å². The molecule has 2 heterocycles. The lowest BCUT2D eigenvalue weighted by Crippen LogP contribution is -2.28. The molecule has 0 unspecified atom stereocenters. The van der Waals surface area contributed by atoms with E-state index in [-0.39, 0.29) is 0 Å². The summed E-state index contributed by atoms with van der Waals surface area (Å²) in [6.45, 7) is 12.3. The normalized spacial score (nSPS) is 11.7. The summed E-state index contributed by atoms with van der Waals surface area (Å²) in [6.07, 6.45) is 0. The zero-order chi connectivity index (χ0) is 15.4. The third kappa shape index (κ3) is 3.92. The van der Waals surface area contributed by atoms with Gasteiger partial charge in [-0.1, -0.05) is 18.5 Å². The van der Waals surface area contributed by atoms with Gasteiger partial charge >= 0.3 is 0 Å². The Morgan fingerprint density at radius 2 is 2.00 bits per heavy atom. The number of thiophene rings is 1. The Labute approximate surface area is 135 Å². The van der Waals surface area contributed by atoms with E-state index in [4.69, 9.17) is 16.3 Å². The quantitative estimate of drug-likeness (QED) is 0.572. The molecule has 2 aromatic rings. The van der Waals surface area contributed by atoms with E-state index in [9.17, 15) is 0 Å². The fourth-order valence-corrected chi connectivity index (χ4v) is 3.63. The highest BCUT2D eigenvalue weighted by molar-refractivity contribution is 7.18. The molecule has 0 bridgehead atoms. The molecule has 0 aliphatic carbocycles. The van der Waals surface area contributed by atoms with Gasteiger partial charge in [0, 0.05) is 18.0 Å². The average molecular weight is 328 g/mol. The van der Waals surface area contributed by atoms with Crippen molar-refractivity contribution in [1.82, 2.24) is 14.9 Å². The molecule has 2 aromatic heterocycles. The van der Waals surface area contributed by atoms with Crippen LogP contribution in [0, 0.1) is 13.8 Å². The van der Waals surface area contributed by atoms with E-state index in [0.717, 1.165) is 42.3 Å². The highest BCUT2D eigenvalue weighted by Gasteiger charge is 2.14.